The number of fused-ring (bicyclic) bond motifs is 1. The second kappa shape index (κ2) is 3.93. The molecule has 2 rings (SSSR count). The highest BCUT2D eigenvalue weighted by molar-refractivity contribution is 7.17. The van der Waals surface area contributed by atoms with Crippen LogP contribution in [0.4, 0.5) is 4.39 Å². The topological polar surface area (TPSA) is 0 Å². The molecule has 0 aliphatic carbocycles. The van der Waals surface area contributed by atoms with Gasteiger partial charge in [-0.3, -0.25) is 0 Å². The molecular weight excluding hydrogens is 195 g/mol. The van der Waals surface area contributed by atoms with E-state index in [9.17, 15) is 4.39 Å². The van der Waals surface area contributed by atoms with E-state index >= 15 is 0 Å². The smallest absolute Gasteiger partial charge is 0.0859 e. The van der Waals surface area contributed by atoms with Crippen molar-refractivity contribution < 1.29 is 4.39 Å². The first-order valence-corrected chi connectivity index (χ1v) is 5.40. The van der Waals surface area contributed by atoms with Crippen LogP contribution >= 0.6 is 11.3 Å². The van der Waals surface area contributed by atoms with E-state index in [1.54, 1.807) is 11.3 Å². The van der Waals surface area contributed by atoms with Crippen molar-refractivity contribution in [2.24, 2.45) is 0 Å². The molecule has 0 unspecified atom stereocenters. The molecule has 0 saturated carbocycles. The zero-order valence-electron chi connectivity index (χ0n) is 7.96. The van der Waals surface area contributed by atoms with E-state index in [0.29, 0.717) is 12.8 Å². The lowest BCUT2D eigenvalue weighted by molar-refractivity contribution is 0.705. The number of rotatable bonds is 2. The Bertz CT molecular complexity index is 468. The number of hydrogen-bond donors (Lipinski definition) is 0. The zero-order valence-corrected chi connectivity index (χ0v) is 8.77. The fourth-order valence-corrected chi connectivity index (χ4v) is 2.47. The molecule has 1 aromatic carbocycles. The van der Waals surface area contributed by atoms with Crippen LogP contribution < -0.4 is 0 Å². The number of allylic oxidation sites excluding steroid dienone is 1. The van der Waals surface area contributed by atoms with Gasteiger partial charge in [-0.1, -0.05) is 18.2 Å². The van der Waals surface area contributed by atoms with Gasteiger partial charge in [0.05, 0.1) is 6.33 Å². The van der Waals surface area contributed by atoms with Crippen molar-refractivity contribution in [1.82, 2.24) is 0 Å². The predicted octanol–water partition coefficient (Wildman–Crippen LogP) is 4.32. The number of thiophene rings is 1. The van der Waals surface area contributed by atoms with Gasteiger partial charge in [0.2, 0.25) is 0 Å². The molecule has 14 heavy (non-hydrogen) atoms. The molecule has 1 aromatic heterocycles. The van der Waals surface area contributed by atoms with Crippen LogP contribution in [0.25, 0.3) is 10.1 Å². The van der Waals surface area contributed by atoms with Gasteiger partial charge in [0, 0.05) is 4.70 Å². The fourth-order valence-electron chi connectivity index (χ4n) is 1.51. The fraction of sp³-hybridized carbons (Fsp3) is 0.167. The van der Waals surface area contributed by atoms with E-state index in [1.165, 1.54) is 15.6 Å². The first kappa shape index (κ1) is 9.41. The summed E-state index contributed by atoms with van der Waals surface area (Å²) in [5, 5.41) is 3.36. The van der Waals surface area contributed by atoms with Gasteiger partial charge in [0.25, 0.3) is 0 Å². The van der Waals surface area contributed by atoms with Crippen LogP contribution in [0.3, 0.4) is 0 Å². The summed E-state index contributed by atoms with van der Waals surface area (Å²) in [4.78, 5) is 0. The Balaban J connectivity index is 2.43. The van der Waals surface area contributed by atoms with E-state index in [-0.39, 0.29) is 0 Å². The lowest BCUT2D eigenvalue weighted by atomic mass is 10.1. The normalized spacial score (nSPS) is 12.3. The van der Waals surface area contributed by atoms with E-state index in [4.69, 9.17) is 0 Å². The molecule has 2 aromatic rings. The van der Waals surface area contributed by atoms with Gasteiger partial charge in [0.1, 0.15) is 0 Å². The summed E-state index contributed by atoms with van der Waals surface area (Å²) in [6, 6.07) is 8.23. The minimum atomic E-state index is 0.687. The number of halogens is 1. The molecular formula is C12H11FS. The van der Waals surface area contributed by atoms with Gasteiger partial charge in [-0.15, -0.1) is 11.3 Å². The van der Waals surface area contributed by atoms with Gasteiger partial charge in [-0.05, 0) is 41.3 Å². The van der Waals surface area contributed by atoms with Crippen molar-refractivity contribution in [2.45, 2.75) is 13.3 Å². The Kier molecular flexibility index (Phi) is 2.64. The van der Waals surface area contributed by atoms with Gasteiger partial charge in [-0.2, -0.15) is 0 Å². The van der Waals surface area contributed by atoms with E-state index in [1.807, 2.05) is 19.1 Å². The highest BCUT2D eigenvalue weighted by Gasteiger charge is 2.03. The lowest BCUT2D eigenvalue weighted by Crippen LogP contribution is -1.83. The van der Waals surface area contributed by atoms with E-state index in [2.05, 4.69) is 17.5 Å². The molecule has 0 amide bonds. The summed E-state index contributed by atoms with van der Waals surface area (Å²) in [6.07, 6.45) is 1.40. The molecule has 0 aliphatic heterocycles. The third-order valence-electron chi connectivity index (χ3n) is 2.22. The first-order chi connectivity index (χ1) is 6.81. The van der Waals surface area contributed by atoms with Crippen LogP contribution in [0, 0.1) is 0 Å². The Labute approximate surface area is 86.7 Å². The summed E-state index contributed by atoms with van der Waals surface area (Å²) in [6.45, 7) is 1.81. The average molecular weight is 206 g/mol. The van der Waals surface area contributed by atoms with Gasteiger partial charge in [-0.25, -0.2) is 4.39 Å². The second-order valence-electron chi connectivity index (χ2n) is 3.39. The SMILES string of the molecule is C/C(=C/F)Cc1csc2ccccc12. The maximum absolute atomic E-state index is 12.2. The minimum absolute atomic E-state index is 0.687. The second-order valence-corrected chi connectivity index (χ2v) is 4.30. The largest absolute Gasteiger partial charge is 0.216 e. The molecule has 0 radical (unpaired) electrons. The Morgan fingerprint density at radius 2 is 2.21 bits per heavy atom. The van der Waals surface area contributed by atoms with Crippen molar-refractivity contribution in [2.75, 3.05) is 0 Å². The van der Waals surface area contributed by atoms with Crippen LogP contribution in [-0.2, 0) is 6.42 Å². The third kappa shape index (κ3) is 1.70. The van der Waals surface area contributed by atoms with Crippen molar-refractivity contribution in [1.29, 1.82) is 0 Å². The summed E-state index contributed by atoms with van der Waals surface area (Å²) in [5.74, 6) is 0. The Morgan fingerprint density at radius 1 is 1.43 bits per heavy atom. The molecule has 0 N–H and O–H groups in total. The van der Waals surface area contributed by atoms with E-state index in [0.717, 1.165) is 5.57 Å². The molecule has 72 valence electrons. The maximum atomic E-state index is 12.2. The minimum Gasteiger partial charge on any atom is -0.216 e. The van der Waals surface area contributed by atoms with Crippen molar-refractivity contribution in [3.05, 3.63) is 47.1 Å². The zero-order chi connectivity index (χ0) is 9.97. The van der Waals surface area contributed by atoms with Crippen LogP contribution in [-0.4, -0.2) is 0 Å². The predicted molar refractivity (Wildman–Crippen MR) is 60.4 cm³/mol. The molecule has 1 heterocycles. The molecule has 0 saturated heterocycles. The average Bonchev–Trinajstić information content (AvgIpc) is 2.62. The lowest BCUT2D eigenvalue weighted by Gasteiger charge is -1.97. The number of benzene rings is 1. The highest BCUT2D eigenvalue weighted by atomic mass is 32.1. The first-order valence-electron chi connectivity index (χ1n) is 4.52. The van der Waals surface area contributed by atoms with Gasteiger partial charge < -0.3 is 0 Å². The van der Waals surface area contributed by atoms with Crippen LogP contribution in [0.15, 0.2) is 41.5 Å². The van der Waals surface area contributed by atoms with Crippen molar-refractivity contribution >= 4 is 21.4 Å². The molecule has 0 nitrogen and oxygen atoms in total. The maximum Gasteiger partial charge on any atom is 0.0859 e. The highest BCUT2D eigenvalue weighted by Crippen LogP contribution is 2.27. The van der Waals surface area contributed by atoms with Crippen LogP contribution in [0.5, 0.6) is 0 Å². The monoisotopic (exact) mass is 206 g/mol. The molecule has 0 fully saturated rings. The third-order valence-corrected chi connectivity index (χ3v) is 3.23. The molecule has 2 heteroatoms. The van der Waals surface area contributed by atoms with Gasteiger partial charge >= 0.3 is 0 Å². The van der Waals surface area contributed by atoms with Crippen LogP contribution in [0.1, 0.15) is 12.5 Å². The van der Waals surface area contributed by atoms with E-state index < -0.39 is 0 Å². The quantitative estimate of drug-likeness (QED) is 0.686. The van der Waals surface area contributed by atoms with Crippen molar-refractivity contribution in [3.8, 4) is 0 Å². The summed E-state index contributed by atoms with van der Waals surface area (Å²) in [7, 11) is 0. The summed E-state index contributed by atoms with van der Waals surface area (Å²) >= 11 is 1.72. The van der Waals surface area contributed by atoms with Crippen molar-refractivity contribution in [3.63, 3.8) is 0 Å². The standard InChI is InChI=1S/C12H11FS/c1-9(7-13)6-10-8-14-12-5-3-2-4-11(10)12/h2-5,7-8H,6H2,1H3/b9-7-. The van der Waals surface area contributed by atoms with Gasteiger partial charge in [0.15, 0.2) is 0 Å². The summed E-state index contributed by atoms with van der Waals surface area (Å²) < 4.78 is 13.5. The molecule has 0 atom stereocenters. The Hall–Kier alpha value is -1.15. The number of hydrogen-bond acceptors (Lipinski definition) is 1. The molecule has 0 aliphatic rings. The molecule has 0 bridgehead atoms. The Morgan fingerprint density at radius 3 is 3.00 bits per heavy atom. The summed E-state index contributed by atoms with van der Waals surface area (Å²) in [5.41, 5.74) is 1.99. The molecule has 0 spiro atoms. The van der Waals surface area contributed by atoms with Crippen LogP contribution in [0.2, 0.25) is 0 Å².